The van der Waals surface area contributed by atoms with Crippen LogP contribution in [0.1, 0.15) is 10.4 Å². The monoisotopic (exact) mass is 489 g/mol. The molecule has 2 amide bonds. The number of nitrogens with zero attached hydrogens (tertiary/aromatic N) is 3. The van der Waals surface area contributed by atoms with E-state index in [0.29, 0.717) is 22.0 Å². The highest BCUT2D eigenvalue weighted by Crippen LogP contribution is 2.24. The molecule has 2 N–H and O–H groups in total. The number of hydrogen-bond donors (Lipinski definition) is 2. The molecule has 176 valence electrons. The first-order valence-corrected chi connectivity index (χ1v) is 10.9. The highest BCUT2D eigenvalue weighted by atomic mass is 35.5. The lowest BCUT2D eigenvalue weighted by atomic mass is 10.0. The summed E-state index contributed by atoms with van der Waals surface area (Å²) in [5, 5.41) is 9.55. The summed E-state index contributed by atoms with van der Waals surface area (Å²) in [7, 11) is 0. The zero-order valence-electron chi connectivity index (χ0n) is 18.3. The van der Waals surface area contributed by atoms with Crippen LogP contribution in [0.5, 0.6) is 0 Å². The quantitative estimate of drug-likeness (QED) is 0.366. The van der Waals surface area contributed by atoms with Gasteiger partial charge in [-0.25, -0.2) is 9.67 Å². The van der Waals surface area contributed by atoms with Crippen LogP contribution in [0.3, 0.4) is 0 Å². The van der Waals surface area contributed by atoms with Crippen LogP contribution in [-0.2, 0) is 14.3 Å². The lowest BCUT2D eigenvalue weighted by molar-refractivity contribution is -0.146. The molecular formula is C25H20ClN5O4. The molecule has 0 saturated heterocycles. The van der Waals surface area contributed by atoms with Crippen LogP contribution in [0.25, 0.3) is 16.8 Å². The minimum absolute atomic E-state index is 0.372. The van der Waals surface area contributed by atoms with Gasteiger partial charge >= 0.3 is 5.97 Å². The SMILES string of the molecule is O=C(COC(=O)CNC(=O)c1ccc(-c2ccccc2)cc1)Nc1cc(Cl)ccc1-n1cncn1. The van der Waals surface area contributed by atoms with Gasteiger partial charge in [0.15, 0.2) is 6.61 Å². The van der Waals surface area contributed by atoms with Gasteiger partial charge in [0.25, 0.3) is 11.8 Å². The van der Waals surface area contributed by atoms with Crippen LogP contribution < -0.4 is 10.6 Å². The Balaban J connectivity index is 1.26. The average Bonchev–Trinajstić information content (AvgIpc) is 3.41. The van der Waals surface area contributed by atoms with E-state index in [2.05, 4.69) is 20.7 Å². The standard InChI is InChI=1S/C25H20ClN5O4/c26-20-10-11-22(31-16-27-15-29-31)21(12-20)30-23(32)14-35-24(33)13-28-25(34)19-8-6-18(7-9-19)17-4-2-1-3-5-17/h1-12,15-16H,13-14H2,(H,28,34)(H,30,32). The van der Waals surface area contributed by atoms with E-state index >= 15 is 0 Å². The van der Waals surface area contributed by atoms with Crippen molar-refractivity contribution in [2.75, 3.05) is 18.5 Å². The van der Waals surface area contributed by atoms with Gasteiger partial charge in [0, 0.05) is 10.6 Å². The summed E-state index contributed by atoms with van der Waals surface area (Å²) in [5.74, 6) is -1.76. The number of carbonyl (C=O) groups is 3. The van der Waals surface area contributed by atoms with E-state index in [1.54, 1.807) is 30.3 Å². The molecule has 4 rings (SSSR count). The Kier molecular flexibility index (Phi) is 7.49. The largest absolute Gasteiger partial charge is 0.454 e. The number of amides is 2. The molecule has 9 nitrogen and oxygen atoms in total. The maximum Gasteiger partial charge on any atom is 0.325 e. The molecule has 0 aliphatic rings. The van der Waals surface area contributed by atoms with Gasteiger partial charge in [0.2, 0.25) is 0 Å². The normalized spacial score (nSPS) is 10.4. The van der Waals surface area contributed by atoms with Gasteiger partial charge in [-0.05, 0) is 41.5 Å². The molecule has 1 heterocycles. The molecule has 0 fully saturated rings. The number of nitrogens with one attached hydrogen (secondary N) is 2. The second-order valence-corrected chi connectivity index (χ2v) is 7.77. The van der Waals surface area contributed by atoms with Gasteiger partial charge in [-0.2, -0.15) is 5.10 Å². The molecular weight excluding hydrogens is 470 g/mol. The number of carbonyl (C=O) groups excluding carboxylic acids is 3. The molecule has 0 spiro atoms. The molecule has 0 radical (unpaired) electrons. The molecule has 3 aromatic carbocycles. The second kappa shape index (κ2) is 11.1. The number of ether oxygens (including phenoxy) is 1. The Morgan fingerprint density at radius 1 is 0.943 bits per heavy atom. The summed E-state index contributed by atoms with van der Waals surface area (Å²) in [5.41, 5.74) is 3.32. The topological polar surface area (TPSA) is 115 Å². The smallest absolute Gasteiger partial charge is 0.325 e. The molecule has 0 atom stereocenters. The molecule has 0 aliphatic heterocycles. The van der Waals surface area contributed by atoms with Crippen molar-refractivity contribution in [3.63, 3.8) is 0 Å². The van der Waals surface area contributed by atoms with Gasteiger partial charge in [0.1, 0.15) is 19.2 Å². The minimum Gasteiger partial charge on any atom is -0.454 e. The first-order valence-electron chi connectivity index (χ1n) is 10.5. The maximum atomic E-state index is 12.3. The van der Waals surface area contributed by atoms with Crippen LogP contribution >= 0.6 is 11.6 Å². The molecule has 0 unspecified atom stereocenters. The molecule has 35 heavy (non-hydrogen) atoms. The summed E-state index contributed by atoms with van der Waals surface area (Å²) >= 11 is 6.03. The van der Waals surface area contributed by atoms with Gasteiger partial charge in [0.05, 0.1) is 11.4 Å². The van der Waals surface area contributed by atoms with Crippen molar-refractivity contribution in [3.8, 4) is 16.8 Å². The maximum absolute atomic E-state index is 12.3. The summed E-state index contributed by atoms with van der Waals surface area (Å²) in [6, 6.07) is 21.6. The van der Waals surface area contributed by atoms with Crippen LogP contribution in [0.2, 0.25) is 5.02 Å². The average molecular weight is 490 g/mol. The fourth-order valence-electron chi connectivity index (χ4n) is 3.22. The molecule has 0 bridgehead atoms. The van der Waals surface area contributed by atoms with Crippen LogP contribution in [0, 0.1) is 0 Å². The summed E-state index contributed by atoms with van der Waals surface area (Å²) in [6.07, 6.45) is 2.82. The predicted molar refractivity (Wildman–Crippen MR) is 130 cm³/mol. The molecule has 1 aromatic heterocycles. The van der Waals surface area contributed by atoms with Crippen molar-refractivity contribution in [2.45, 2.75) is 0 Å². The third kappa shape index (κ3) is 6.30. The van der Waals surface area contributed by atoms with Gasteiger partial charge in [-0.15, -0.1) is 0 Å². The number of benzene rings is 3. The number of halogens is 1. The zero-order valence-corrected chi connectivity index (χ0v) is 19.1. The summed E-state index contributed by atoms with van der Waals surface area (Å²) in [4.78, 5) is 40.5. The molecule has 0 saturated carbocycles. The van der Waals surface area contributed by atoms with Crippen LogP contribution in [0.4, 0.5) is 5.69 Å². The Labute approximate surface area is 205 Å². The lowest BCUT2D eigenvalue weighted by Gasteiger charge is -2.12. The van der Waals surface area contributed by atoms with Crippen molar-refractivity contribution < 1.29 is 19.1 Å². The predicted octanol–water partition coefficient (Wildman–Crippen LogP) is 3.50. The van der Waals surface area contributed by atoms with Crippen LogP contribution in [0.15, 0.2) is 85.5 Å². The zero-order chi connectivity index (χ0) is 24.6. The van der Waals surface area contributed by atoms with E-state index in [9.17, 15) is 14.4 Å². The molecule has 4 aromatic rings. The fraction of sp³-hybridized carbons (Fsp3) is 0.0800. The minimum atomic E-state index is -0.753. The van der Waals surface area contributed by atoms with Crippen molar-refractivity contribution in [1.29, 1.82) is 0 Å². The van der Waals surface area contributed by atoms with Crippen LogP contribution in [-0.4, -0.2) is 45.7 Å². The highest BCUT2D eigenvalue weighted by Gasteiger charge is 2.14. The van der Waals surface area contributed by atoms with Crippen molar-refractivity contribution in [1.82, 2.24) is 20.1 Å². The Morgan fingerprint density at radius 3 is 2.40 bits per heavy atom. The van der Waals surface area contributed by atoms with E-state index < -0.39 is 24.4 Å². The fourth-order valence-corrected chi connectivity index (χ4v) is 3.40. The van der Waals surface area contributed by atoms with Crippen molar-refractivity contribution in [2.24, 2.45) is 0 Å². The number of esters is 1. The van der Waals surface area contributed by atoms with Crippen molar-refractivity contribution >= 4 is 35.1 Å². The van der Waals surface area contributed by atoms with E-state index in [4.69, 9.17) is 16.3 Å². The molecule has 0 aliphatic carbocycles. The van der Waals surface area contributed by atoms with E-state index in [1.807, 2.05) is 42.5 Å². The van der Waals surface area contributed by atoms with E-state index in [-0.39, 0.29) is 6.54 Å². The Bertz CT molecular complexity index is 1330. The lowest BCUT2D eigenvalue weighted by Crippen LogP contribution is -2.32. The summed E-state index contributed by atoms with van der Waals surface area (Å²) < 4.78 is 6.42. The number of aromatic nitrogens is 3. The van der Waals surface area contributed by atoms with Gasteiger partial charge in [-0.1, -0.05) is 54.1 Å². The summed E-state index contributed by atoms with van der Waals surface area (Å²) in [6.45, 7) is -0.919. The first-order chi connectivity index (χ1) is 17.0. The number of rotatable bonds is 8. The first kappa shape index (κ1) is 23.7. The van der Waals surface area contributed by atoms with E-state index in [1.165, 1.54) is 17.3 Å². The third-order valence-corrected chi connectivity index (χ3v) is 5.15. The Hall–Kier alpha value is -4.50. The Morgan fingerprint density at radius 2 is 1.69 bits per heavy atom. The second-order valence-electron chi connectivity index (χ2n) is 7.34. The van der Waals surface area contributed by atoms with Crippen molar-refractivity contribution in [3.05, 3.63) is 96.0 Å². The molecule has 10 heteroatoms. The van der Waals surface area contributed by atoms with E-state index in [0.717, 1.165) is 11.1 Å². The van der Waals surface area contributed by atoms with Gasteiger partial charge in [-0.3, -0.25) is 14.4 Å². The van der Waals surface area contributed by atoms with Gasteiger partial charge < -0.3 is 15.4 Å². The highest BCUT2D eigenvalue weighted by molar-refractivity contribution is 6.31. The number of hydrogen-bond acceptors (Lipinski definition) is 6. The number of anilines is 1. The third-order valence-electron chi connectivity index (χ3n) is 4.91.